The molecule has 0 saturated heterocycles. The Morgan fingerprint density at radius 2 is 2.12 bits per heavy atom. The first kappa shape index (κ1) is 18.8. The number of hydrogen-bond acceptors (Lipinski definition) is 6. The van der Waals surface area contributed by atoms with Gasteiger partial charge in [-0.1, -0.05) is 13.8 Å². The average molecular weight is 340 g/mol. The molecule has 136 valence electrons. The van der Waals surface area contributed by atoms with Gasteiger partial charge in [0.25, 0.3) is 0 Å². The predicted molar refractivity (Wildman–Crippen MR) is 86.7 cm³/mol. The summed E-state index contributed by atoms with van der Waals surface area (Å²) in [5.41, 5.74) is 1.04. The molecule has 0 spiro atoms. The smallest absolute Gasteiger partial charge is 0.471 e. The van der Waals surface area contributed by atoms with Crippen LogP contribution in [0.4, 0.5) is 4.79 Å². The molecule has 2 aliphatic rings. The molecule has 1 N–H and O–H groups in total. The molecule has 1 unspecified atom stereocenters. The van der Waals surface area contributed by atoms with Gasteiger partial charge in [-0.25, -0.2) is 4.79 Å². The van der Waals surface area contributed by atoms with Crippen LogP contribution in [0, 0.1) is 23.7 Å². The van der Waals surface area contributed by atoms with Gasteiger partial charge in [0.2, 0.25) is 5.79 Å². The molecule has 1 heterocycles. The first-order valence-electron chi connectivity index (χ1n) is 8.73. The Morgan fingerprint density at radius 1 is 1.42 bits per heavy atom. The number of allylic oxidation sites excluding steroid dienone is 1. The summed E-state index contributed by atoms with van der Waals surface area (Å²) in [6.45, 7) is 7.43. The van der Waals surface area contributed by atoms with Gasteiger partial charge in [0.1, 0.15) is 0 Å². The summed E-state index contributed by atoms with van der Waals surface area (Å²) in [6, 6.07) is 0. The van der Waals surface area contributed by atoms with Gasteiger partial charge in [-0.2, -0.15) is 0 Å². The lowest BCUT2D eigenvalue weighted by molar-refractivity contribution is -0.155. The molecule has 1 aliphatic carbocycles. The number of aliphatic hydroxyl groups is 1. The maximum absolute atomic E-state index is 12.3. The summed E-state index contributed by atoms with van der Waals surface area (Å²) in [5, 5.41) is 10.2. The van der Waals surface area contributed by atoms with Crippen molar-refractivity contribution in [1.82, 2.24) is 0 Å². The van der Waals surface area contributed by atoms with Crippen LogP contribution in [0.15, 0.2) is 11.8 Å². The van der Waals surface area contributed by atoms with Crippen molar-refractivity contribution in [2.75, 3.05) is 6.61 Å². The van der Waals surface area contributed by atoms with Gasteiger partial charge in [0, 0.05) is 13.3 Å². The standard InChI is InChI=1S/C18H28O6/c1-5-22-17(20)24-16(19)12(3)14-7-6-11(2)13-8-9-18(4,21)23-10-15(13)14/h10-14,21H,5-9H2,1-4H3/t11-,12-,13+,14+,18?/m1/s1. The highest BCUT2D eigenvalue weighted by Crippen LogP contribution is 2.46. The highest BCUT2D eigenvalue weighted by Gasteiger charge is 2.41. The van der Waals surface area contributed by atoms with Crippen molar-refractivity contribution < 1.29 is 28.9 Å². The van der Waals surface area contributed by atoms with Crippen molar-refractivity contribution in [3.63, 3.8) is 0 Å². The van der Waals surface area contributed by atoms with Crippen molar-refractivity contribution >= 4 is 12.1 Å². The Morgan fingerprint density at radius 3 is 2.79 bits per heavy atom. The molecule has 6 heteroatoms. The van der Waals surface area contributed by atoms with Crippen molar-refractivity contribution in [2.45, 2.75) is 59.2 Å². The van der Waals surface area contributed by atoms with E-state index in [1.165, 1.54) is 0 Å². The molecule has 0 aromatic heterocycles. The molecular formula is C18H28O6. The lowest BCUT2D eigenvalue weighted by Gasteiger charge is -2.38. The lowest BCUT2D eigenvalue weighted by Crippen LogP contribution is -2.34. The van der Waals surface area contributed by atoms with Gasteiger partial charge in [0.05, 0.1) is 18.8 Å². The Kier molecular flexibility index (Phi) is 5.91. The number of carbonyl (C=O) groups excluding carboxylic acids is 2. The molecule has 0 aromatic carbocycles. The number of carbonyl (C=O) groups is 2. The Hall–Kier alpha value is -1.56. The SMILES string of the molecule is CCOC(=O)OC(=O)[C@H](C)[C@@H]1CC[C@@H](C)[C@@H]2CCC(C)(O)OC=C21. The van der Waals surface area contributed by atoms with Crippen molar-refractivity contribution in [3.8, 4) is 0 Å². The monoisotopic (exact) mass is 340 g/mol. The summed E-state index contributed by atoms with van der Waals surface area (Å²) >= 11 is 0. The Bertz CT molecular complexity index is 510. The summed E-state index contributed by atoms with van der Waals surface area (Å²) in [4.78, 5) is 23.6. The van der Waals surface area contributed by atoms with Gasteiger partial charge in [-0.15, -0.1) is 0 Å². The second kappa shape index (κ2) is 7.55. The Labute approximate surface area is 143 Å². The van der Waals surface area contributed by atoms with E-state index in [0.29, 0.717) is 12.3 Å². The molecule has 24 heavy (non-hydrogen) atoms. The van der Waals surface area contributed by atoms with E-state index in [1.807, 2.05) is 0 Å². The molecule has 0 aromatic rings. The van der Waals surface area contributed by atoms with E-state index in [4.69, 9.17) is 9.47 Å². The fourth-order valence-electron chi connectivity index (χ4n) is 3.74. The predicted octanol–water partition coefficient (Wildman–Crippen LogP) is 3.39. The third kappa shape index (κ3) is 4.29. The van der Waals surface area contributed by atoms with Crippen molar-refractivity contribution in [3.05, 3.63) is 11.8 Å². The van der Waals surface area contributed by atoms with Gasteiger partial charge >= 0.3 is 12.1 Å². The van der Waals surface area contributed by atoms with Gasteiger partial charge in [0.15, 0.2) is 0 Å². The minimum absolute atomic E-state index is 0.0537. The zero-order valence-electron chi connectivity index (χ0n) is 14.9. The zero-order valence-corrected chi connectivity index (χ0v) is 14.9. The quantitative estimate of drug-likeness (QED) is 0.626. The van der Waals surface area contributed by atoms with Crippen LogP contribution in [-0.2, 0) is 19.0 Å². The van der Waals surface area contributed by atoms with E-state index >= 15 is 0 Å². The minimum atomic E-state index is -1.18. The van der Waals surface area contributed by atoms with E-state index in [0.717, 1.165) is 24.8 Å². The molecule has 0 radical (unpaired) electrons. The van der Waals surface area contributed by atoms with Crippen molar-refractivity contribution in [2.24, 2.45) is 23.7 Å². The van der Waals surface area contributed by atoms with Crippen LogP contribution >= 0.6 is 0 Å². The summed E-state index contributed by atoms with van der Waals surface area (Å²) in [5.74, 6) is -1.54. The first-order chi connectivity index (χ1) is 11.2. The molecule has 5 atom stereocenters. The minimum Gasteiger partial charge on any atom is -0.471 e. The van der Waals surface area contributed by atoms with Gasteiger partial charge in [-0.05, 0) is 49.5 Å². The van der Waals surface area contributed by atoms with E-state index < -0.39 is 23.8 Å². The molecule has 0 bridgehead atoms. The molecule has 2 rings (SSSR count). The Balaban J connectivity index is 2.14. The number of hydrogen-bond donors (Lipinski definition) is 1. The average Bonchev–Trinajstić information content (AvgIpc) is 2.67. The summed E-state index contributed by atoms with van der Waals surface area (Å²) in [7, 11) is 0. The molecule has 1 fully saturated rings. The highest BCUT2D eigenvalue weighted by molar-refractivity contribution is 5.83. The van der Waals surface area contributed by atoms with Crippen molar-refractivity contribution in [1.29, 1.82) is 0 Å². The van der Waals surface area contributed by atoms with Crippen LogP contribution in [0.3, 0.4) is 0 Å². The van der Waals surface area contributed by atoms with Crippen LogP contribution in [0.5, 0.6) is 0 Å². The molecule has 1 saturated carbocycles. The van der Waals surface area contributed by atoms with E-state index in [2.05, 4.69) is 11.7 Å². The fourth-order valence-corrected chi connectivity index (χ4v) is 3.74. The van der Waals surface area contributed by atoms with Gasteiger partial charge < -0.3 is 19.3 Å². The van der Waals surface area contributed by atoms with E-state index in [-0.39, 0.29) is 18.4 Å². The number of rotatable bonds is 3. The summed E-state index contributed by atoms with van der Waals surface area (Å²) < 4.78 is 15.0. The molecule has 6 nitrogen and oxygen atoms in total. The lowest BCUT2D eigenvalue weighted by atomic mass is 9.66. The third-order valence-corrected chi connectivity index (χ3v) is 5.27. The maximum Gasteiger partial charge on any atom is 0.516 e. The molecular weight excluding hydrogens is 312 g/mol. The first-order valence-corrected chi connectivity index (χ1v) is 8.73. The maximum atomic E-state index is 12.3. The molecule has 1 aliphatic heterocycles. The topological polar surface area (TPSA) is 82.1 Å². The highest BCUT2D eigenvalue weighted by atomic mass is 16.7. The van der Waals surface area contributed by atoms with Crippen LogP contribution in [-0.4, -0.2) is 29.6 Å². The number of esters is 1. The van der Waals surface area contributed by atoms with Gasteiger partial charge in [-0.3, -0.25) is 4.79 Å². The van der Waals surface area contributed by atoms with E-state index in [9.17, 15) is 14.7 Å². The van der Waals surface area contributed by atoms with Crippen LogP contribution in [0.2, 0.25) is 0 Å². The van der Waals surface area contributed by atoms with E-state index in [1.54, 1.807) is 27.0 Å². The number of ether oxygens (including phenoxy) is 3. The summed E-state index contributed by atoms with van der Waals surface area (Å²) in [6.07, 6.45) is 3.86. The third-order valence-electron chi connectivity index (χ3n) is 5.27. The fraction of sp³-hybridized carbons (Fsp3) is 0.778. The number of fused-ring (bicyclic) bond motifs is 1. The second-order valence-corrected chi connectivity index (χ2v) is 7.11. The van der Waals surface area contributed by atoms with Crippen LogP contribution in [0.1, 0.15) is 53.4 Å². The normalized spacial score (nSPS) is 34.0. The molecule has 0 amide bonds. The second-order valence-electron chi connectivity index (χ2n) is 7.11. The van der Waals surface area contributed by atoms with Crippen LogP contribution in [0.25, 0.3) is 0 Å². The largest absolute Gasteiger partial charge is 0.516 e. The van der Waals surface area contributed by atoms with Crippen LogP contribution < -0.4 is 0 Å². The zero-order chi connectivity index (χ0) is 17.9.